The summed E-state index contributed by atoms with van der Waals surface area (Å²) in [4.78, 5) is 38.7. The molecule has 3 heterocycles. The molecule has 1 aromatic heterocycles. The number of imide groups is 2. The fraction of sp³-hybridized carbons (Fsp3) is 0.0455. The van der Waals surface area contributed by atoms with Gasteiger partial charge in [0.2, 0.25) is 6.79 Å². The number of carbonyl (C=O) groups excluding carboxylic acids is 3. The van der Waals surface area contributed by atoms with Crippen LogP contribution in [-0.4, -0.2) is 24.6 Å². The van der Waals surface area contributed by atoms with Crippen molar-refractivity contribution in [1.82, 2.24) is 5.32 Å². The van der Waals surface area contributed by atoms with Gasteiger partial charge in [-0.05, 0) is 42.5 Å². The van der Waals surface area contributed by atoms with Gasteiger partial charge in [0.05, 0.1) is 15.7 Å². The Labute approximate surface area is 190 Å². The molecule has 10 heteroatoms. The van der Waals surface area contributed by atoms with Gasteiger partial charge in [-0.15, -0.1) is 0 Å². The van der Waals surface area contributed by atoms with Crippen LogP contribution >= 0.6 is 23.2 Å². The monoisotopic (exact) mass is 470 g/mol. The second kappa shape index (κ2) is 7.74. The van der Waals surface area contributed by atoms with Crippen LogP contribution in [0.25, 0.3) is 17.4 Å². The first-order chi connectivity index (χ1) is 15.4. The zero-order valence-corrected chi connectivity index (χ0v) is 17.6. The quantitative estimate of drug-likeness (QED) is 0.441. The molecule has 0 unspecified atom stereocenters. The summed E-state index contributed by atoms with van der Waals surface area (Å²) in [6.07, 6.45) is 1.26. The number of hydrogen-bond acceptors (Lipinski definition) is 6. The zero-order chi connectivity index (χ0) is 22.4. The van der Waals surface area contributed by atoms with Gasteiger partial charge in [-0.2, -0.15) is 0 Å². The number of urea groups is 1. The summed E-state index contributed by atoms with van der Waals surface area (Å²) in [7, 11) is 0. The molecule has 5 rings (SSSR count). The van der Waals surface area contributed by atoms with E-state index in [4.69, 9.17) is 37.1 Å². The predicted molar refractivity (Wildman–Crippen MR) is 116 cm³/mol. The summed E-state index contributed by atoms with van der Waals surface area (Å²) >= 11 is 12.3. The number of rotatable bonds is 3. The van der Waals surface area contributed by atoms with Crippen LogP contribution in [0.2, 0.25) is 10.0 Å². The predicted octanol–water partition coefficient (Wildman–Crippen LogP) is 4.65. The molecule has 160 valence electrons. The Balaban J connectivity index is 1.49. The van der Waals surface area contributed by atoms with Crippen LogP contribution in [0.15, 0.2) is 58.5 Å². The molecule has 0 radical (unpaired) electrons. The van der Waals surface area contributed by atoms with Crippen LogP contribution in [0, 0.1) is 0 Å². The molecule has 0 spiro atoms. The molecule has 3 aromatic rings. The normalized spacial score (nSPS) is 16.6. The van der Waals surface area contributed by atoms with Gasteiger partial charge in [0.15, 0.2) is 11.5 Å². The SMILES string of the molecule is O=C1NC(=O)N(c2ccc3c(c2)OCO3)C(=O)/C1=C\c1ccc(-c2cccc(Cl)c2Cl)o1. The van der Waals surface area contributed by atoms with Crippen LogP contribution in [-0.2, 0) is 9.59 Å². The highest BCUT2D eigenvalue weighted by atomic mass is 35.5. The minimum atomic E-state index is -0.873. The molecule has 1 saturated heterocycles. The molecule has 1 fully saturated rings. The average Bonchev–Trinajstić information content (AvgIpc) is 3.42. The van der Waals surface area contributed by atoms with E-state index in [0.29, 0.717) is 32.9 Å². The number of furan rings is 1. The minimum Gasteiger partial charge on any atom is -0.457 e. The summed E-state index contributed by atoms with van der Waals surface area (Å²) in [5.74, 6) is -0.147. The van der Waals surface area contributed by atoms with Crippen molar-refractivity contribution in [1.29, 1.82) is 0 Å². The molecule has 4 amide bonds. The van der Waals surface area contributed by atoms with Gasteiger partial charge >= 0.3 is 6.03 Å². The fourth-order valence-electron chi connectivity index (χ4n) is 3.33. The number of barbiturate groups is 1. The topological polar surface area (TPSA) is 98.1 Å². The maximum atomic E-state index is 13.1. The zero-order valence-electron chi connectivity index (χ0n) is 16.1. The average molecular weight is 471 g/mol. The number of hydrogen-bond donors (Lipinski definition) is 1. The van der Waals surface area contributed by atoms with Crippen molar-refractivity contribution in [3.8, 4) is 22.8 Å². The molecule has 0 atom stereocenters. The van der Waals surface area contributed by atoms with Gasteiger partial charge in [-0.3, -0.25) is 14.9 Å². The van der Waals surface area contributed by atoms with Crippen molar-refractivity contribution in [2.45, 2.75) is 0 Å². The maximum absolute atomic E-state index is 13.1. The number of ether oxygens (including phenoxy) is 2. The molecule has 2 aliphatic heterocycles. The van der Waals surface area contributed by atoms with E-state index in [-0.39, 0.29) is 23.8 Å². The molecule has 32 heavy (non-hydrogen) atoms. The molecular weight excluding hydrogens is 459 g/mol. The molecular formula is C22H12Cl2N2O6. The van der Waals surface area contributed by atoms with E-state index in [1.54, 1.807) is 36.4 Å². The first kappa shape index (κ1) is 20.2. The molecule has 0 saturated carbocycles. The minimum absolute atomic E-state index is 0.0417. The van der Waals surface area contributed by atoms with E-state index in [0.717, 1.165) is 4.90 Å². The third-order valence-corrected chi connectivity index (χ3v) is 5.67. The lowest BCUT2D eigenvalue weighted by molar-refractivity contribution is -0.122. The van der Waals surface area contributed by atoms with Gasteiger partial charge in [0.1, 0.15) is 17.1 Å². The van der Waals surface area contributed by atoms with Crippen LogP contribution in [0.4, 0.5) is 10.5 Å². The largest absolute Gasteiger partial charge is 0.457 e. The van der Waals surface area contributed by atoms with Crippen LogP contribution in [0.5, 0.6) is 11.5 Å². The molecule has 0 bridgehead atoms. The van der Waals surface area contributed by atoms with Gasteiger partial charge in [0.25, 0.3) is 11.8 Å². The molecule has 8 nitrogen and oxygen atoms in total. The van der Waals surface area contributed by atoms with Crippen LogP contribution in [0.3, 0.4) is 0 Å². The molecule has 1 N–H and O–H groups in total. The van der Waals surface area contributed by atoms with Crippen LogP contribution < -0.4 is 19.7 Å². The van der Waals surface area contributed by atoms with Gasteiger partial charge < -0.3 is 13.9 Å². The smallest absolute Gasteiger partial charge is 0.335 e. The van der Waals surface area contributed by atoms with Gasteiger partial charge in [0, 0.05) is 11.6 Å². The third kappa shape index (κ3) is 3.39. The lowest BCUT2D eigenvalue weighted by atomic mass is 10.1. The van der Waals surface area contributed by atoms with Crippen molar-refractivity contribution in [3.63, 3.8) is 0 Å². The lowest BCUT2D eigenvalue weighted by Gasteiger charge is -2.26. The van der Waals surface area contributed by atoms with Crippen molar-refractivity contribution in [3.05, 3.63) is 69.9 Å². The number of carbonyl (C=O) groups is 3. The number of nitrogens with zero attached hydrogens (tertiary/aromatic N) is 1. The summed E-state index contributed by atoms with van der Waals surface area (Å²) in [5, 5.41) is 2.83. The Morgan fingerprint density at radius 3 is 2.62 bits per heavy atom. The third-order valence-electron chi connectivity index (χ3n) is 4.85. The first-order valence-electron chi connectivity index (χ1n) is 9.28. The number of amides is 4. The Morgan fingerprint density at radius 1 is 0.969 bits per heavy atom. The Hall–Kier alpha value is -3.75. The van der Waals surface area contributed by atoms with Crippen molar-refractivity contribution in [2.24, 2.45) is 0 Å². The first-order valence-corrected chi connectivity index (χ1v) is 10.0. The Kier molecular flexibility index (Phi) is 4.88. The number of fused-ring (bicyclic) bond motifs is 1. The highest BCUT2D eigenvalue weighted by molar-refractivity contribution is 6.43. The molecule has 0 aliphatic carbocycles. The van der Waals surface area contributed by atoms with Gasteiger partial charge in [-0.1, -0.05) is 29.3 Å². The highest BCUT2D eigenvalue weighted by Gasteiger charge is 2.37. The van der Waals surface area contributed by atoms with Crippen LogP contribution in [0.1, 0.15) is 5.76 Å². The van der Waals surface area contributed by atoms with E-state index in [1.807, 2.05) is 0 Å². The molecule has 2 aromatic carbocycles. The van der Waals surface area contributed by atoms with Crippen molar-refractivity contribution < 1.29 is 28.3 Å². The van der Waals surface area contributed by atoms with Crippen molar-refractivity contribution in [2.75, 3.05) is 11.7 Å². The van der Waals surface area contributed by atoms with Gasteiger partial charge in [-0.25, -0.2) is 9.69 Å². The van der Waals surface area contributed by atoms with E-state index < -0.39 is 17.8 Å². The highest BCUT2D eigenvalue weighted by Crippen LogP contribution is 2.37. The summed E-state index contributed by atoms with van der Waals surface area (Å²) in [5.41, 5.74) is 0.502. The maximum Gasteiger partial charge on any atom is 0.335 e. The Morgan fingerprint density at radius 2 is 1.78 bits per heavy atom. The number of nitrogens with one attached hydrogen (secondary N) is 1. The number of benzene rings is 2. The summed E-state index contributed by atoms with van der Waals surface area (Å²) < 4.78 is 16.3. The Bertz CT molecular complexity index is 1330. The molecule has 2 aliphatic rings. The lowest BCUT2D eigenvalue weighted by Crippen LogP contribution is -2.54. The van der Waals surface area contributed by atoms with E-state index >= 15 is 0 Å². The second-order valence-corrected chi connectivity index (χ2v) is 7.58. The van der Waals surface area contributed by atoms with E-state index in [1.165, 1.54) is 18.2 Å². The standard InChI is InChI=1S/C22H12Cl2N2O6/c23-15-3-1-2-13(19(15)24)16-7-5-12(32-16)9-14-20(27)25-22(29)26(21(14)28)11-4-6-17-18(8-11)31-10-30-17/h1-9H,10H2,(H,25,27,29)/b14-9-. The fourth-order valence-corrected chi connectivity index (χ4v) is 3.72. The second-order valence-electron chi connectivity index (χ2n) is 6.80. The summed E-state index contributed by atoms with van der Waals surface area (Å²) in [6.45, 7) is 0.0417. The van der Waals surface area contributed by atoms with E-state index in [9.17, 15) is 14.4 Å². The number of halogens is 2. The summed E-state index contributed by atoms with van der Waals surface area (Å²) in [6, 6.07) is 12.0. The van der Waals surface area contributed by atoms with E-state index in [2.05, 4.69) is 5.32 Å². The van der Waals surface area contributed by atoms with Crippen molar-refractivity contribution >= 4 is 52.8 Å². The number of anilines is 1.